The molecule has 0 aromatic rings. The maximum atomic E-state index is 9.09. The van der Waals surface area contributed by atoms with E-state index in [0.29, 0.717) is 17.9 Å². The fraction of sp³-hybridized carbons (Fsp3) is 0.667. The summed E-state index contributed by atoms with van der Waals surface area (Å²) in [6, 6.07) is 0. The Balaban J connectivity index is 2.21. The van der Waals surface area contributed by atoms with Gasteiger partial charge in [-0.2, -0.15) is 0 Å². The Morgan fingerprint density at radius 3 is 3.08 bits per heavy atom. The predicted molar refractivity (Wildman–Crippen MR) is 54.4 cm³/mol. The zero-order valence-electron chi connectivity index (χ0n) is 8.34. The molecule has 0 radical (unpaired) electrons. The van der Waals surface area contributed by atoms with Crippen LogP contribution < -0.4 is 0 Å². The van der Waals surface area contributed by atoms with Crippen molar-refractivity contribution in [3.8, 4) is 0 Å². The highest BCUT2D eigenvalue weighted by Gasteiger charge is 2.45. The van der Waals surface area contributed by atoms with E-state index in [1.54, 1.807) is 0 Å². The van der Waals surface area contributed by atoms with E-state index >= 15 is 0 Å². The van der Waals surface area contributed by atoms with Crippen LogP contribution in [0, 0.1) is 11.3 Å². The molecule has 0 aliphatic heterocycles. The molecule has 1 nitrogen and oxygen atoms in total. The fourth-order valence-electron chi connectivity index (χ4n) is 3.20. The zero-order chi connectivity index (χ0) is 9.47. The summed E-state index contributed by atoms with van der Waals surface area (Å²) in [7, 11) is 0. The van der Waals surface area contributed by atoms with Gasteiger partial charge in [-0.1, -0.05) is 23.8 Å². The van der Waals surface area contributed by atoms with Gasteiger partial charge >= 0.3 is 0 Å². The summed E-state index contributed by atoms with van der Waals surface area (Å²) in [5.74, 6) is 0.673. The lowest BCUT2D eigenvalue weighted by Crippen LogP contribution is -2.22. The second-order valence-corrected chi connectivity index (χ2v) is 4.76. The molecule has 0 spiro atoms. The highest BCUT2D eigenvalue weighted by molar-refractivity contribution is 5.26. The van der Waals surface area contributed by atoms with Crippen LogP contribution in [0.25, 0.3) is 0 Å². The van der Waals surface area contributed by atoms with Crippen molar-refractivity contribution in [2.24, 2.45) is 11.3 Å². The van der Waals surface area contributed by atoms with E-state index in [9.17, 15) is 0 Å². The van der Waals surface area contributed by atoms with Gasteiger partial charge in [0.05, 0.1) is 0 Å². The lowest BCUT2D eigenvalue weighted by molar-refractivity contribution is 0.167. The van der Waals surface area contributed by atoms with Crippen molar-refractivity contribution in [1.82, 2.24) is 0 Å². The van der Waals surface area contributed by atoms with Gasteiger partial charge < -0.3 is 5.11 Å². The summed E-state index contributed by atoms with van der Waals surface area (Å²) in [4.78, 5) is 0. The standard InChI is InChI=1S/C12H18O/c1-9-5-11-6-10(2)8-12(11,7-9)3-4-13/h6,11,13H,1,3-5,7-8H2,2H3/t11?,12-/m0/s1. The Morgan fingerprint density at radius 1 is 1.62 bits per heavy atom. The highest BCUT2D eigenvalue weighted by atomic mass is 16.3. The van der Waals surface area contributed by atoms with E-state index in [1.165, 1.54) is 17.6 Å². The molecule has 1 saturated carbocycles. The Kier molecular flexibility index (Phi) is 2.07. The number of aliphatic hydroxyl groups is 1. The fourth-order valence-corrected chi connectivity index (χ4v) is 3.20. The van der Waals surface area contributed by atoms with Gasteiger partial charge in [-0.15, -0.1) is 0 Å². The molecule has 0 heterocycles. The summed E-state index contributed by atoms with van der Waals surface area (Å²) in [5.41, 5.74) is 3.24. The topological polar surface area (TPSA) is 20.2 Å². The van der Waals surface area contributed by atoms with E-state index in [2.05, 4.69) is 19.6 Å². The van der Waals surface area contributed by atoms with E-state index < -0.39 is 0 Å². The lowest BCUT2D eigenvalue weighted by Gasteiger charge is -2.28. The summed E-state index contributed by atoms with van der Waals surface area (Å²) < 4.78 is 0. The quantitative estimate of drug-likeness (QED) is 0.644. The van der Waals surface area contributed by atoms with Crippen LogP contribution in [-0.4, -0.2) is 11.7 Å². The number of rotatable bonds is 2. The second-order valence-electron chi connectivity index (χ2n) is 4.76. The molecule has 1 unspecified atom stereocenters. The lowest BCUT2D eigenvalue weighted by atomic mass is 9.76. The third kappa shape index (κ3) is 1.35. The van der Waals surface area contributed by atoms with Crippen LogP contribution >= 0.6 is 0 Å². The molecule has 2 aliphatic carbocycles. The third-order valence-corrected chi connectivity index (χ3v) is 3.62. The molecule has 2 atom stereocenters. The highest BCUT2D eigenvalue weighted by Crippen LogP contribution is 2.56. The SMILES string of the molecule is C=C1CC2C=C(C)C[C@]2(CCO)C1. The maximum absolute atomic E-state index is 9.09. The van der Waals surface area contributed by atoms with Crippen LogP contribution in [0.2, 0.25) is 0 Å². The van der Waals surface area contributed by atoms with Crippen LogP contribution in [0.3, 0.4) is 0 Å². The number of allylic oxidation sites excluding steroid dienone is 3. The van der Waals surface area contributed by atoms with Crippen molar-refractivity contribution in [3.63, 3.8) is 0 Å². The Morgan fingerprint density at radius 2 is 2.38 bits per heavy atom. The molecule has 1 fully saturated rings. The molecule has 2 aliphatic rings. The van der Waals surface area contributed by atoms with Crippen molar-refractivity contribution >= 4 is 0 Å². The van der Waals surface area contributed by atoms with Crippen LogP contribution in [-0.2, 0) is 0 Å². The first-order valence-corrected chi connectivity index (χ1v) is 5.11. The normalized spacial score (nSPS) is 37.8. The van der Waals surface area contributed by atoms with Gasteiger partial charge in [-0.25, -0.2) is 0 Å². The summed E-state index contributed by atoms with van der Waals surface area (Å²) in [6.07, 6.45) is 6.80. The van der Waals surface area contributed by atoms with E-state index in [4.69, 9.17) is 5.11 Å². The maximum Gasteiger partial charge on any atom is 0.0436 e. The van der Waals surface area contributed by atoms with Gasteiger partial charge in [0.15, 0.2) is 0 Å². The molecule has 0 aromatic carbocycles. The zero-order valence-corrected chi connectivity index (χ0v) is 8.34. The monoisotopic (exact) mass is 178 g/mol. The van der Waals surface area contributed by atoms with Crippen molar-refractivity contribution < 1.29 is 5.11 Å². The average molecular weight is 178 g/mol. The minimum atomic E-state index is 0.324. The summed E-state index contributed by atoms with van der Waals surface area (Å²) >= 11 is 0. The second kappa shape index (κ2) is 2.98. The Bertz CT molecular complexity index is 264. The molecule has 13 heavy (non-hydrogen) atoms. The first-order valence-electron chi connectivity index (χ1n) is 5.11. The minimum absolute atomic E-state index is 0.324. The van der Waals surface area contributed by atoms with E-state index in [1.807, 2.05) is 0 Å². The molecule has 2 rings (SSSR count). The first kappa shape index (κ1) is 9.01. The molecule has 1 heteroatoms. The van der Waals surface area contributed by atoms with Crippen molar-refractivity contribution in [2.75, 3.05) is 6.61 Å². The first-order chi connectivity index (χ1) is 6.16. The van der Waals surface area contributed by atoms with Crippen LogP contribution in [0.1, 0.15) is 32.6 Å². The van der Waals surface area contributed by atoms with Crippen molar-refractivity contribution in [1.29, 1.82) is 0 Å². The van der Waals surface area contributed by atoms with E-state index in [-0.39, 0.29) is 0 Å². The molecular weight excluding hydrogens is 160 g/mol. The van der Waals surface area contributed by atoms with Gasteiger partial charge in [0.2, 0.25) is 0 Å². The predicted octanol–water partition coefficient (Wildman–Crippen LogP) is 2.67. The molecule has 0 aromatic heterocycles. The number of hydrogen-bond acceptors (Lipinski definition) is 1. The Hall–Kier alpha value is -0.560. The van der Waals surface area contributed by atoms with Gasteiger partial charge in [-0.05, 0) is 43.9 Å². The molecular formula is C12H18O. The minimum Gasteiger partial charge on any atom is -0.396 e. The van der Waals surface area contributed by atoms with Gasteiger partial charge in [0.1, 0.15) is 0 Å². The smallest absolute Gasteiger partial charge is 0.0436 e. The molecule has 0 saturated heterocycles. The molecule has 0 bridgehead atoms. The number of aliphatic hydroxyl groups excluding tert-OH is 1. The third-order valence-electron chi connectivity index (χ3n) is 3.62. The van der Waals surface area contributed by atoms with E-state index in [0.717, 1.165) is 19.3 Å². The van der Waals surface area contributed by atoms with Crippen molar-refractivity contribution in [2.45, 2.75) is 32.6 Å². The van der Waals surface area contributed by atoms with Crippen LogP contribution in [0.4, 0.5) is 0 Å². The molecule has 1 N–H and O–H groups in total. The van der Waals surface area contributed by atoms with Crippen LogP contribution in [0.15, 0.2) is 23.8 Å². The van der Waals surface area contributed by atoms with Crippen LogP contribution in [0.5, 0.6) is 0 Å². The largest absolute Gasteiger partial charge is 0.396 e. The van der Waals surface area contributed by atoms with Crippen molar-refractivity contribution in [3.05, 3.63) is 23.8 Å². The number of fused-ring (bicyclic) bond motifs is 1. The average Bonchev–Trinajstić information content (AvgIpc) is 2.40. The van der Waals surface area contributed by atoms with Gasteiger partial charge in [-0.3, -0.25) is 0 Å². The Labute approximate surface area is 80.2 Å². The number of hydrogen-bond donors (Lipinski definition) is 1. The summed E-state index contributed by atoms with van der Waals surface area (Å²) in [5, 5.41) is 9.09. The summed E-state index contributed by atoms with van der Waals surface area (Å²) in [6.45, 7) is 6.61. The molecule has 0 amide bonds. The van der Waals surface area contributed by atoms with Gasteiger partial charge in [0.25, 0.3) is 0 Å². The molecule has 72 valence electrons. The van der Waals surface area contributed by atoms with Gasteiger partial charge in [0, 0.05) is 6.61 Å².